The monoisotopic (exact) mass is 524 g/mol. The second-order valence-electron chi connectivity index (χ2n) is 10.2. The number of anilines is 1. The van der Waals surface area contributed by atoms with Gasteiger partial charge in [0.1, 0.15) is 12.1 Å². The van der Waals surface area contributed by atoms with Gasteiger partial charge < -0.3 is 19.6 Å². The zero-order valence-electron chi connectivity index (χ0n) is 22.8. The summed E-state index contributed by atoms with van der Waals surface area (Å²) in [5.74, 6) is -0.0779. The Labute approximate surface area is 230 Å². The number of likely N-dealkylation sites (N-methyl/N-ethyl adjacent to an activating group) is 1. The number of carbonyl (C=O) groups is 3. The molecule has 0 aliphatic carbocycles. The van der Waals surface area contributed by atoms with Crippen molar-refractivity contribution in [2.24, 2.45) is 0 Å². The second-order valence-corrected chi connectivity index (χ2v) is 10.2. The summed E-state index contributed by atoms with van der Waals surface area (Å²) in [6, 6.07) is 27.7. The molecule has 3 aromatic rings. The fraction of sp³-hybridized carbons (Fsp3) is 0.344. The molecule has 2 aliphatic heterocycles. The third-order valence-corrected chi connectivity index (χ3v) is 8.14. The van der Waals surface area contributed by atoms with E-state index < -0.39 is 5.54 Å². The minimum Gasteiger partial charge on any atom is -0.342 e. The fourth-order valence-electron chi connectivity index (χ4n) is 5.86. The first-order valence-electron chi connectivity index (χ1n) is 13.8. The van der Waals surface area contributed by atoms with Crippen LogP contribution in [0.25, 0.3) is 11.1 Å². The second kappa shape index (κ2) is 11.3. The summed E-state index contributed by atoms with van der Waals surface area (Å²) in [5.41, 5.74) is 3.02. The lowest BCUT2D eigenvalue weighted by atomic mass is 9.85. The summed E-state index contributed by atoms with van der Waals surface area (Å²) < 4.78 is 0. The molecule has 7 nitrogen and oxygen atoms in total. The minimum absolute atomic E-state index is 0.0188. The Hall–Kier alpha value is -4.13. The molecule has 202 valence electrons. The number of piperidine rings is 1. The average molecular weight is 525 g/mol. The number of likely N-dealkylation sites (tertiary alicyclic amines) is 1. The van der Waals surface area contributed by atoms with Crippen molar-refractivity contribution in [2.45, 2.75) is 32.2 Å². The van der Waals surface area contributed by atoms with Crippen molar-refractivity contribution >= 4 is 23.4 Å². The van der Waals surface area contributed by atoms with Gasteiger partial charge in [-0.05, 0) is 62.1 Å². The van der Waals surface area contributed by atoms with Gasteiger partial charge in [-0.3, -0.25) is 14.4 Å². The molecule has 2 fully saturated rings. The van der Waals surface area contributed by atoms with E-state index in [1.165, 1.54) is 0 Å². The van der Waals surface area contributed by atoms with Crippen molar-refractivity contribution in [3.05, 3.63) is 90.5 Å². The molecule has 1 spiro atoms. The molecule has 3 aromatic carbocycles. The molecule has 0 unspecified atom stereocenters. The van der Waals surface area contributed by atoms with E-state index in [2.05, 4.69) is 17.0 Å². The van der Waals surface area contributed by atoms with Crippen LogP contribution in [-0.4, -0.2) is 77.4 Å². The first-order valence-corrected chi connectivity index (χ1v) is 13.8. The van der Waals surface area contributed by atoms with Crippen LogP contribution in [0.2, 0.25) is 0 Å². The van der Waals surface area contributed by atoms with Crippen LogP contribution in [0.5, 0.6) is 0 Å². The summed E-state index contributed by atoms with van der Waals surface area (Å²) in [6.07, 6.45) is 1.04. The van der Waals surface area contributed by atoms with Gasteiger partial charge in [0.25, 0.3) is 11.8 Å². The first kappa shape index (κ1) is 26.5. The Kier molecular flexibility index (Phi) is 7.68. The predicted octanol–water partition coefficient (Wildman–Crippen LogP) is 4.50. The van der Waals surface area contributed by atoms with Crippen molar-refractivity contribution in [1.29, 1.82) is 0 Å². The Morgan fingerprint density at radius 2 is 1.36 bits per heavy atom. The van der Waals surface area contributed by atoms with E-state index in [9.17, 15) is 14.4 Å². The molecule has 2 heterocycles. The number of amides is 3. The standard InChI is InChI=1S/C32H36N4O3/c1-3-33(4-2)29(37)23-35-24-36(28-13-9-6-10-14-28)32(31(35)39)19-21-34(22-20-32)30(38)27-17-15-26(16-18-27)25-11-7-5-8-12-25/h5-18H,3-4,19-24H2,1-2H3. The van der Waals surface area contributed by atoms with Crippen molar-refractivity contribution in [3.8, 4) is 11.1 Å². The molecule has 0 saturated carbocycles. The van der Waals surface area contributed by atoms with Gasteiger partial charge in [-0.1, -0.05) is 60.7 Å². The Bertz CT molecular complexity index is 1300. The maximum atomic E-state index is 13.9. The van der Waals surface area contributed by atoms with Gasteiger partial charge in [0.15, 0.2) is 0 Å². The molecule has 0 bridgehead atoms. The van der Waals surface area contributed by atoms with Crippen molar-refractivity contribution in [1.82, 2.24) is 14.7 Å². The molecule has 0 radical (unpaired) electrons. The Morgan fingerprint density at radius 1 is 0.795 bits per heavy atom. The van der Waals surface area contributed by atoms with E-state index in [0.717, 1.165) is 16.8 Å². The molecule has 2 saturated heterocycles. The highest BCUT2D eigenvalue weighted by molar-refractivity contribution is 5.98. The number of hydrogen-bond acceptors (Lipinski definition) is 4. The summed E-state index contributed by atoms with van der Waals surface area (Å²) in [7, 11) is 0. The number of hydrogen-bond donors (Lipinski definition) is 0. The molecular formula is C32H36N4O3. The number of para-hydroxylation sites is 1. The molecule has 0 aromatic heterocycles. The molecule has 5 rings (SSSR count). The molecule has 7 heteroatoms. The van der Waals surface area contributed by atoms with Gasteiger partial charge in [-0.2, -0.15) is 0 Å². The maximum Gasteiger partial charge on any atom is 0.253 e. The number of benzene rings is 3. The van der Waals surface area contributed by atoms with E-state index in [1.807, 2.05) is 91.5 Å². The lowest BCUT2D eigenvalue weighted by Gasteiger charge is -2.43. The number of nitrogens with zero attached hydrogens (tertiary/aromatic N) is 4. The van der Waals surface area contributed by atoms with Crippen LogP contribution in [0.1, 0.15) is 37.0 Å². The third-order valence-electron chi connectivity index (χ3n) is 8.14. The van der Waals surface area contributed by atoms with Crippen molar-refractivity contribution in [3.63, 3.8) is 0 Å². The van der Waals surface area contributed by atoms with Crippen LogP contribution in [0, 0.1) is 0 Å². The van der Waals surface area contributed by atoms with Crippen LogP contribution in [0.3, 0.4) is 0 Å². The van der Waals surface area contributed by atoms with E-state index in [0.29, 0.717) is 51.3 Å². The van der Waals surface area contributed by atoms with Crippen LogP contribution in [-0.2, 0) is 9.59 Å². The van der Waals surface area contributed by atoms with E-state index in [1.54, 1.807) is 9.80 Å². The molecule has 0 N–H and O–H groups in total. The van der Waals surface area contributed by atoms with E-state index in [4.69, 9.17) is 0 Å². The minimum atomic E-state index is -0.765. The Morgan fingerprint density at radius 3 is 1.95 bits per heavy atom. The summed E-state index contributed by atoms with van der Waals surface area (Å²) in [4.78, 5) is 47.7. The van der Waals surface area contributed by atoms with Crippen LogP contribution < -0.4 is 4.90 Å². The van der Waals surface area contributed by atoms with Gasteiger partial charge in [0.2, 0.25) is 5.91 Å². The van der Waals surface area contributed by atoms with Gasteiger partial charge in [-0.25, -0.2) is 0 Å². The highest BCUT2D eigenvalue weighted by Crippen LogP contribution is 2.39. The van der Waals surface area contributed by atoms with Gasteiger partial charge in [-0.15, -0.1) is 0 Å². The predicted molar refractivity (Wildman–Crippen MR) is 153 cm³/mol. The molecule has 0 atom stereocenters. The molecule has 2 aliphatic rings. The zero-order valence-corrected chi connectivity index (χ0v) is 22.8. The van der Waals surface area contributed by atoms with Crippen LogP contribution >= 0.6 is 0 Å². The lowest BCUT2D eigenvalue weighted by Crippen LogP contribution is -2.57. The van der Waals surface area contributed by atoms with Crippen molar-refractivity contribution in [2.75, 3.05) is 44.3 Å². The van der Waals surface area contributed by atoms with Gasteiger partial charge in [0.05, 0.1) is 6.67 Å². The summed E-state index contributed by atoms with van der Waals surface area (Å²) >= 11 is 0. The molecule has 3 amide bonds. The van der Waals surface area contributed by atoms with E-state index in [-0.39, 0.29) is 24.3 Å². The van der Waals surface area contributed by atoms with Gasteiger partial charge >= 0.3 is 0 Å². The quantitative estimate of drug-likeness (QED) is 0.457. The lowest BCUT2D eigenvalue weighted by molar-refractivity contribution is -0.140. The Balaban J connectivity index is 1.32. The van der Waals surface area contributed by atoms with E-state index >= 15 is 0 Å². The SMILES string of the molecule is CCN(CC)C(=O)CN1CN(c2ccccc2)C2(CCN(C(=O)c3ccc(-c4ccccc4)cc3)CC2)C1=O. The number of carbonyl (C=O) groups excluding carboxylic acids is 3. The van der Waals surface area contributed by atoms with Crippen LogP contribution in [0.15, 0.2) is 84.9 Å². The maximum absolute atomic E-state index is 13.9. The molecule has 39 heavy (non-hydrogen) atoms. The highest BCUT2D eigenvalue weighted by Gasteiger charge is 2.54. The zero-order chi connectivity index (χ0) is 27.4. The average Bonchev–Trinajstić information content (AvgIpc) is 3.25. The van der Waals surface area contributed by atoms with Crippen LogP contribution in [0.4, 0.5) is 5.69 Å². The van der Waals surface area contributed by atoms with Gasteiger partial charge in [0, 0.05) is 37.4 Å². The number of rotatable bonds is 7. The topological polar surface area (TPSA) is 64.2 Å². The first-order chi connectivity index (χ1) is 19.0. The molecular weight excluding hydrogens is 488 g/mol. The smallest absolute Gasteiger partial charge is 0.253 e. The fourth-order valence-corrected chi connectivity index (χ4v) is 5.86. The summed E-state index contributed by atoms with van der Waals surface area (Å²) in [5, 5.41) is 0. The summed E-state index contributed by atoms with van der Waals surface area (Å²) in [6.45, 7) is 6.54. The third kappa shape index (κ3) is 5.13. The van der Waals surface area contributed by atoms with Crippen molar-refractivity contribution < 1.29 is 14.4 Å². The highest BCUT2D eigenvalue weighted by atomic mass is 16.2. The largest absolute Gasteiger partial charge is 0.342 e. The normalized spacial score (nSPS) is 16.6.